The second-order valence-corrected chi connectivity index (χ2v) is 9.86. The lowest BCUT2D eigenvalue weighted by Gasteiger charge is -2.34. The van der Waals surface area contributed by atoms with Crippen LogP contribution in [0, 0.1) is 0 Å². The Balaban J connectivity index is 1.58. The quantitative estimate of drug-likeness (QED) is 0.765. The third-order valence-corrected chi connectivity index (χ3v) is 7.78. The largest absolute Gasteiger partial charge is 0.331 e. The maximum Gasteiger partial charge on any atom is 0.317 e. The van der Waals surface area contributed by atoms with Gasteiger partial charge in [0.05, 0.1) is 10.9 Å². The van der Waals surface area contributed by atoms with Crippen LogP contribution in [0.25, 0.3) is 0 Å². The van der Waals surface area contributed by atoms with Crippen LogP contribution in [0.4, 0.5) is 4.79 Å². The van der Waals surface area contributed by atoms with Crippen LogP contribution in [-0.4, -0.2) is 49.8 Å². The third kappa shape index (κ3) is 4.28. The van der Waals surface area contributed by atoms with Gasteiger partial charge in [-0.25, -0.2) is 13.2 Å². The number of carbonyl (C=O) groups excluding carboxylic acids is 1. The first kappa shape index (κ1) is 19.3. The molecule has 1 aliphatic rings. The molecule has 2 amide bonds. The molecule has 0 spiro atoms. The highest BCUT2D eigenvalue weighted by molar-refractivity contribution is 9.10. The van der Waals surface area contributed by atoms with Crippen molar-refractivity contribution in [2.75, 3.05) is 26.2 Å². The van der Waals surface area contributed by atoms with Crippen molar-refractivity contribution >= 4 is 43.3 Å². The van der Waals surface area contributed by atoms with Crippen molar-refractivity contribution in [2.24, 2.45) is 0 Å². The van der Waals surface area contributed by atoms with E-state index in [2.05, 4.69) is 21.2 Å². The Morgan fingerprint density at radius 1 is 1.15 bits per heavy atom. The predicted molar refractivity (Wildman–Crippen MR) is 106 cm³/mol. The number of halogens is 1. The highest BCUT2D eigenvalue weighted by Crippen LogP contribution is 2.21. The molecule has 0 unspecified atom stereocenters. The van der Waals surface area contributed by atoms with Gasteiger partial charge in [-0.2, -0.15) is 4.31 Å². The first-order valence-electron chi connectivity index (χ1n) is 8.22. The number of amides is 2. The standard InChI is InChI=1S/C17H20BrN3O3S2/c1-13(16-3-2-12-25-16)19-17(22)20-8-10-21(11-9-20)26(23,24)15-6-4-14(18)5-7-15/h2-7,12-13H,8-11H2,1H3,(H,19,22)/t13-/m1/s1. The lowest BCUT2D eigenvalue weighted by Crippen LogP contribution is -2.53. The van der Waals surface area contributed by atoms with Crippen molar-refractivity contribution in [1.82, 2.24) is 14.5 Å². The lowest BCUT2D eigenvalue weighted by atomic mass is 10.3. The van der Waals surface area contributed by atoms with Gasteiger partial charge in [0.25, 0.3) is 0 Å². The first-order valence-corrected chi connectivity index (χ1v) is 11.3. The molecule has 1 fully saturated rings. The fourth-order valence-electron chi connectivity index (χ4n) is 2.77. The van der Waals surface area contributed by atoms with Gasteiger partial charge in [-0.15, -0.1) is 11.3 Å². The van der Waals surface area contributed by atoms with Crippen LogP contribution in [0.3, 0.4) is 0 Å². The van der Waals surface area contributed by atoms with Crippen LogP contribution in [0.15, 0.2) is 51.1 Å². The molecular formula is C17H20BrN3O3S2. The molecule has 0 aliphatic carbocycles. The van der Waals surface area contributed by atoms with Crippen molar-refractivity contribution in [3.63, 3.8) is 0 Å². The molecule has 3 rings (SSSR count). The normalized spacial score (nSPS) is 17.1. The average molecular weight is 458 g/mol. The van der Waals surface area contributed by atoms with Crippen molar-refractivity contribution in [1.29, 1.82) is 0 Å². The molecule has 0 radical (unpaired) electrons. The van der Waals surface area contributed by atoms with Gasteiger partial charge >= 0.3 is 6.03 Å². The number of sulfonamides is 1. The number of hydrogen-bond acceptors (Lipinski definition) is 4. The highest BCUT2D eigenvalue weighted by atomic mass is 79.9. The van der Waals surface area contributed by atoms with Gasteiger partial charge < -0.3 is 10.2 Å². The maximum atomic E-state index is 12.7. The van der Waals surface area contributed by atoms with E-state index in [0.29, 0.717) is 26.2 Å². The zero-order valence-electron chi connectivity index (χ0n) is 14.3. The van der Waals surface area contributed by atoms with Gasteiger partial charge in [0.1, 0.15) is 0 Å². The van der Waals surface area contributed by atoms with E-state index in [0.717, 1.165) is 9.35 Å². The summed E-state index contributed by atoms with van der Waals surface area (Å²) in [5.74, 6) is 0. The number of rotatable bonds is 4. The summed E-state index contributed by atoms with van der Waals surface area (Å²) in [6.07, 6.45) is 0. The van der Waals surface area contributed by atoms with E-state index < -0.39 is 10.0 Å². The number of nitrogens with one attached hydrogen (secondary N) is 1. The number of hydrogen-bond donors (Lipinski definition) is 1. The number of carbonyl (C=O) groups is 1. The molecule has 6 nitrogen and oxygen atoms in total. The van der Waals surface area contributed by atoms with Gasteiger partial charge in [0, 0.05) is 35.5 Å². The molecule has 9 heteroatoms. The fraction of sp³-hybridized carbons (Fsp3) is 0.353. The summed E-state index contributed by atoms with van der Waals surface area (Å²) in [6.45, 7) is 3.27. The Labute approximate surface area is 166 Å². The van der Waals surface area contributed by atoms with E-state index in [1.54, 1.807) is 40.5 Å². The molecule has 26 heavy (non-hydrogen) atoms. The number of piperazine rings is 1. The lowest BCUT2D eigenvalue weighted by molar-refractivity contribution is 0.169. The first-order chi connectivity index (χ1) is 12.4. The topological polar surface area (TPSA) is 69.7 Å². The Morgan fingerprint density at radius 2 is 1.81 bits per heavy atom. The minimum absolute atomic E-state index is 0.0629. The van der Waals surface area contributed by atoms with Crippen molar-refractivity contribution in [3.8, 4) is 0 Å². The summed E-state index contributed by atoms with van der Waals surface area (Å²) in [5.41, 5.74) is 0. The molecular weight excluding hydrogens is 438 g/mol. The summed E-state index contributed by atoms with van der Waals surface area (Å²) in [5, 5.41) is 4.94. The second kappa shape index (κ2) is 8.08. The molecule has 1 aromatic carbocycles. The molecule has 1 N–H and O–H groups in total. The smallest absolute Gasteiger partial charge is 0.317 e. The van der Waals surface area contributed by atoms with E-state index >= 15 is 0 Å². The molecule has 1 aliphatic heterocycles. The van der Waals surface area contributed by atoms with Crippen LogP contribution in [0.1, 0.15) is 17.8 Å². The zero-order valence-corrected chi connectivity index (χ0v) is 17.5. The van der Waals surface area contributed by atoms with Gasteiger partial charge in [-0.3, -0.25) is 0 Å². The molecule has 2 aromatic rings. The Kier molecular flexibility index (Phi) is 6.01. The third-order valence-electron chi connectivity index (χ3n) is 4.29. The fourth-order valence-corrected chi connectivity index (χ4v) is 5.19. The maximum absolute atomic E-state index is 12.7. The summed E-state index contributed by atoms with van der Waals surface area (Å²) in [6, 6.07) is 10.3. The Bertz CT molecular complexity index is 846. The van der Waals surface area contributed by atoms with Crippen LogP contribution in [0.2, 0.25) is 0 Å². The van der Waals surface area contributed by atoms with E-state index in [4.69, 9.17) is 0 Å². The van der Waals surface area contributed by atoms with Crippen LogP contribution >= 0.6 is 27.3 Å². The summed E-state index contributed by atoms with van der Waals surface area (Å²) < 4.78 is 27.7. The minimum Gasteiger partial charge on any atom is -0.331 e. The molecule has 1 atom stereocenters. The zero-order chi connectivity index (χ0) is 18.7. The van der Waals surface area contributed by atoms with E-state index in [-0.39, 0.29) is 17.0 Å². The molecule has 140 valence electrons. The molecule has 1 saturated heterocycles. The van der Waals surface area contributed by atoms with Crippen molar-refractivity contribution in [3.05, 3.63) is 51.1 Å². The summed E-state index contributed by atoms with van der Waals surface area (Å²) in [4.78, 5) is 15.4. The number of urea groups is 1. The minimum atomic E-state index is -3.53. The summed E-state index contributed by atoms with van der Waals surface area (Å²) >= 11 is 4.90. The summed E-state index contributed by atoms with van der Waals surface area (Å²) in [7, 11) is -3.53. The average Bonchev–Trinajstić information content (AvgIpc) is 3.17. The van der Waals surface area contributed by atoms with Crippen molar-refractivity contribution in [2.45, 2.75) is 17.9 Å². The predicted octanol–water partition coefficient (Wildman–Crippen LogP) is 3.29. The van der Waals surface area contributed by atoms with Gasteiger partial charge in [0.15, 0.2) is 0 Å². The van der Waals surface area contributed by atoms with E-state index in [1.165, 1.54) is 4.31 Å². The van der Waals surface area contributed by atoms with Crippen molar-refractivity contribution < 1.29 is 13.2 Å². The van der Waals surface area contributed by atoms with Gasteiger partial charge in [-0.05, 0) is 42.6 Å². The highest BCUT2D eigenvalue weighted by Gasteiger charge is 2.30. The number of benzene rings is 1. The van der Waals surface area contributed by atoms with Crippen LogP contribution < -0.4 is 5.32 Å². The Morgan fingerprint density at radius 3 is 2.38 bits per heavy atom. The monoisotopic (exact) mass is 457 g/mol. The molecule has 2 heterocycles. The Hall–Kier alpha value is -1.42. The number of nitrogens with zero attached hydrogens (tertiary/aromatic N) is 2. The SMILES string of the molecule is C[C@@H](NC(=O)N1CCN(S(=O)(=O)c2ccc(Br)cc2)CC1)c1cccs1. The van der Waals surface area contributed by atoms with Crippen LogP contribution in [0.5, 0.6) is 0 Å². The molecule has 0 bridgehead atoms. The molecule has 1 aromatic heterocycles. The molecule has 0 saturated carbocycles. The van der Waals surface area contributed by atoms with E-state index in [9.17, 15) is 13.2 Å². The van der Waals surface area contributed by atoms with Crippen LogP contribution in [-0.2, 0) is 10.0 Å². The van der Waals surface area contributed by atoms with Gasteiger partial charge in [-0.1, -0.05) is 22.0 Å². The van der Waals surface area contributed by atoms with Gasteiger partial charge in [0.2, 0.25) is 10.0 Å². The second-order valence-electron chi connectivity index (χ2n) is 6.03. The number of thiophene rings is 1. The van der Waals surface area contributed by atoms with E-state index in [1.807, 2.05) is 24.4 Å².